The lowest BCUT2D eigenvalue weighted by atomic mass is 10.0. The van der Waals surface area contributed by atoms with Crippen molar-refractivity contribution in [2.24, 2.45) is 0 Å². The number of rotatable bonds is 5. The lowest BCUT2D eigenvalue weighted by molar-refractivity contribution is -0.148. The van der Waals surface area contributed by atoms with Crippen LogP contribution in [0, 0.1) is 13.8 Å². The zero-order valence-corrected chi connectivity index (χ0v) is 17.6. The fourth-order valence-electron chi connectivity index (χ4n) is 3.77. The number of hydrogen-bond donors (Lipinski definition) is 1. The summed E-state index contributed by atoms with van der Waals surface area (Å²) in [6.07, 6.45) is -4.22. The average molecular weight is 445 g/mol. The Morgan fingerprint density at radius 2 is 1.78 bits per heavy atom. The number of aryl methyl sites for hydroxylation is 2. The van der Waals surface area contributed by atoms with Crippen molar-refractivity contribution in [3.8, 4) is 0 Å². The van der Waals surface area contributed by atoms with Crippen LogP contribution in [0.25, 0.3) is 0 Å². The van der Waals surface area contributed by atoms with E-state index in [1.54, 1.807) is 0 Å². The molecule has 0 saturated heterocycles. The number of carbonyl (C=O) groups excluding carboxylic acids is 1. The fourth-order valence-corrected chi connectivity index (χ4v) is 3.77. The van der Waals surface area contributed by atoms with Gasteiger partial charge in [-0.25, -0.2) is 9.97 Å². The van der Waals surface area contributed by atoms with E-state index in [0.29, 0.717) is 12.4 Å². The molecule has 0 aliphatic carbocycles. The number of fused-ring (bicyclic) bond motifs is 1. The molecule has 4 rings (SSSR count). The Labute approximate surface area is 182 Å². The van der Waals surface area contributed by atoms with Gasteiger partial charge < -0.3 is 14.8 Å². The van der Waals surface area contributed by atoms with Gasteiger partial charge >= 0.3 is 6.18 Å². The largest absolute Gasteiger partial charge is 0.451 e. The number of nitrogens with one attached hydrogen (secondary N) is 1. The summed E-state index contributed by atoms with van der Waals surface area (Å²) in [5, 5.41) is 10.1. The first-order valence-electron chi connectivity index (χ1n) is 10.1. The molecule has 3 aromatic rings. The molecule has 8 nitrogen and oxygen atoms in total. The molecular weight excluding hydrogens is 423 g/mol. The molecule has 11 heteroatoms. The van der Waals surface area contributed by atoms with Crippen LogP contribution in [-0.4, -0.2) is 48.1 Å². The van der Waals surface area contributed by atoms with Crippen LogP contribution in [0.3, 0.4) is 0 Å². The monoisotopic (exact) mass is 445 g/mol. The molecule has 1 aliphatic heterocycles. The van der Waals surface area contributed by atoms with Gasteiger partial charge in [-0.15, -0.1) is 10.2 Å². The molecule has 0 fully saturated rings. The molecule has 1 aliphatic rings. The van der Waals surface area contributed by atoms with Gasteiger partial charge in [-0.1, -0.05) is 30.3 Å². The van der Waals surface area contributed by atoms with E-state index in [2.05, 4.69) is 25.5 Å². The molecule has 3 heterocycles. The summed E-state index contributed by atoms with van der Waals surface area (Å²) in [5.41, 5.74) is 2.45. The summed E-state index contributed by atoms with van der Waals surface area (Å²) >= 11 is 0. The van der Waals surface area contributed by atoms with Gasteiger partial charge in [0.2, 0.25) is 17.7 Å². The number of aromatic nitrogens is 5. The molecule has 0 bridgehead atoms. The summed E-state index contributed by atoms with van der Waals surface area (Å²) < 4.78 is 40.4. The molecule has 1 unspecified atom stereocenters. The molecule has 2 aromatic heterocycles. The Balaban J connectivity index is 1.58. The van der Waals surface area contributed by atoms with Crippen molar-refractivity contribution in [3.05, 3.63) is 65.0 Å². The summed E-state index contributed by atoms with van der Waals surface area (Å²) in [6.45, 7) is 3.71. The van der Waals surface area contributed by atoms with Gasteiger partial charge in [-0.3, -0.25) is 4.79 Å². The van der Waals surface area contributed by atoms with Crippen LogP contribution in [-0.2, 0) is 30.5 Å². The molecule has 168 valence electrons. The van der Waals surface area contributed by atoms with E-state index < -0.39 is 18.0 Å². The van der Waals surface area contributed by atoms with Crippen LogP contribution in [0.15, 0.2) is 36.4 Å². The van der Waals surface area contributed by atoms with E-state index in [4.69, 9.17) is 0 Å². The van der Waals surface area contributed by atoms with Crippen LogP contribution in [0.4, 0.5) is 19.1 Å². The molecule has 0 saturated carbocycles. The van der Waals surface area contributed by atoms with Crippen molar-refractivity contribution in [2.45, 2.75) is 45.6 Å². The van der Waals surface area contributed by atoms with Crippen LogP contribution in [0.5, 0.6) is 0 Å². The van der Waals surface area contributed by atoms with E-state index in [1.165, 1.54) is 4.90 Å². The third-order valence-corrected chi connectivity index (χ3v) is 5.18. The topological polar surface area (TPSA) is 88.8 Å². The van der Waals surface area contributed by atoms with E-state index in [9.17, 15) is 18.0 Å². The third-order valence-electron chi connectivity index (χ3n) is 5.18. The Hall–Kier alpha value is -3.50. The van der Waals surface area contributed by atoms with Crippen LogP contribution < -0.4 is 5.32 Å². The standard InChI is InChI=1S/C21H22F3N7O/c1-13-10-14(2)26-20(25-13)27-16(11-15-6-4-3-5-7-15)18(32)30-8-9-31-17(12-30)28-29-19(31)21(22,23)24/h3-7,10,16H,8-9,11-12H2,1-2H3,(H,25,26,27). The molecule has 1 aromatic carbocycles. The molecule has 1 atom stereocenters. The second kappa shape index (κ2) is 8.56. The maximum Gasteiger partial charge on any atom is 0.451 e. The van der Waals surface area contributed by atoms with Gasteiger partial charge in [0.1, 0.15) is 6.04 Å². The summed E-state index contributed by atoms with van der Waals surface area (Å²) in [4.78, 5) is 23.6. The van der Waals surface area contributed by atoms with E-state index in [1.807, 2.05) is 50.2 Å². The Bertz CT molecular complexity index is 1090. The zero-order valence-electron chi connectivity index (χ0n) is 17.6. The molecule has 0 spiro atoms. The highest BCUT2D eigenvalue weighted by molar-refractivity contribution is 5.84. The third kappa shape index (κ3) is 4.71. The Morgan fingerprint density at radius 3 is 2.44 bits per heavy atom. The minimum Gasteiger partial charge on any atom is -0.342 e. The minimum atomic E-state index is -4.59. The van der Waals surface area contributed by atoms with Gasteiger partial charge in [0.25, 0.3) is 0 Å². The number of anilines is 1. The summed E-state index contributed by atoms with van der Waals surface area (Å²) in [5.74, 6) is -0.865. The van der Waals surface area contributed by atoms with Crippen molar-refractivity contribution in [1.82, 2.24) is 29.6 Å². The predicted molar refractivity (Wildman–Crippen MR) is 110 cm³/mol. The number of nitrogens with zero attached hydrogens (tertiary/aromatic N) is 6. The highest BCUT2D eigenvalue weighted by atomic mass is 19.4. The Kier molecular flexibility index (Phi) is 5.81. The van der Waals surface area contributed by atoms with Gasteiger partial charge in [0.15, 0.2) is 5.82 Å². The second-order valence-corrected chi connectivity index (χ2v) is 7.71. The molecule has 1 amide bonds. The predicted octanol–water partition coefficient (Wildman–Crippen LogP) is 2.77. The average Bonchev–Trinajstić information content (AvgIpc) is 3.16. The van der Waals surface area contributed by atoms with Gasteiger partial charge in [-0.05, 0) is 25.5 Å². The lowest BCUT2D eigenvalue weighted by Gasteiger charge is -2.31. The number of halogens is 3. The highest BCUT2D eigenvalue weighted by Crippen LogP contribution is 2.29. The quantitative estimate of drug-likeness (QED) is 0.650. The van der Waals surface area contributed by atoms with Gasteiger partial charge in [0.05, 0.1) is 6.54 Å². The maximum atomic E-state index is 13.4. The first-order chi connectivity index (χ1) is 15.2. The number of carbonyl (C=O) groups is 1. The number of amides is 1. The SMILES string of the molecule is Cc1cc(C)nc(NC(Cc2ccccc2)C(=O)N2CCn3c(nnc3C(F)(F)F)C2)n1. The lowest BCUT2D eigenvalue weighted by Crippen LogP contribution is -2.47. The molecule has 0 radical (unpaired) electrons. The van der Waals surface area contributed by atoms with Gasteiger partial charge in [0, 0.05) is 30.9 Å². The zero-order chi connectivity index (χ0) is 22.9. The van der Waals surface area contributed by atoms with Crippen molar-refractivity contribution in [3.63, 3.8) is 0 Å². The van der Waals surface area contributed by atoms with Crippen molar-refractivity contribution in [2.75, 3.05) is 11.9 Å². The summed E-state index contributed by atoms with van der Waals surface area (Å²) in [6, 6.07) is 10.6. The minimum absolute atomic E-state index is 0.0268. The highest BCUT2D eigenvalue weighted by Gasteiger charge is 2.40. The Morgan fingerprint density at radius 1 is 1.09 bits per heavy atom. The van der Waals surface area contributed by atoms with Gasteiger partial charge in [-0.2, -0.15) is 13.2 Å². The fraction of sp³-hybridized carbons (Fsp3) is 0.381. The van der Waals surface area contributed by atoms with Crippen molar-refractivity contribution >= 4 is 11.9 Å². The normalized spacial score (nSPS) is 14.7. The molecule has 1 N–H and O–H groups in total. The van der Waals surface area contributed by atoms with E-state index in [0.717, 1.165) is 21.5 Å². The van der Waals surface area contributed by atoms with Crippen LogP contribution in [0.1, 0.15) is 28.6 Å². The molecular formula is C21H22F3N7O. The number of alkyl halides is 3. The van der Waals surface area contributed by atoms with Crippen LogP contribution in [0.2, 0.25) is 0 Å². The van der Waals surface area contributed by atoms with Crippen molar-refractivity contribution in [1.29, 1.82) is 0 Å². The number of benzene rings is 1. The number of hydrogen-bond acceptors (Lipinski definition) is 6. The van der Waals surface area contributed by atoms with Crippen LogP contribution >= 0.6 is 0 Å². The van der Waals surface area contributed by atoms with E-state index >= 15 is 0 Å². The molecule has 32 heavy (non-hydrogen) atoms. The smallest absolute Gasteiger partial charge is 0.342 e. The second-order valence-electron chi connectivity index (χ2n) is 7.71. The summed E-state index contributed by atoms with van der Waals surface area (Å²) in [7, 11) is 0. The van der Waals surface area contributed by atoms with E-state index in [-0.39, 0.29) is 31.4 Å². The van der Waals surface area contributed by atoms with Crippen molar-refractivity contribution < 1.29 is 18.0 Å². The maximum absolute atomic E-state index is 13.4. The first kappa shape index (κ1) is 21.7. The first-order valence-corrected chi connectivity index (χ1v) is 10.1.